The van der Waals surface area contributed by atoms with E-state index in [1.807, 2.05) is 30.4 Å². The molecule has 0 saturated heterocycles. The van der Waals surface area contributed by atoms with Crippen LogP contribution < -0.4 is 10.6 Å². The number of aromatic nitrogens is 2. The second kappa shape index (κ2) is 7.90. The molecule has 1 aromatic heterocycles. The normalized spacial score (nSPS) is 21.1. The van der Waals surface area contributed by atoms with Gasteiger partial charge in [0.15, 0.2) is 0 Å². The highest BCUT2D eigenvalue weighted by atomic mass is 32.2. The van der Waals surface area contributed by atoms with Crippen LogP contribution in [-0.2, 0) is 13.5 Å². The lowest BCUT2D eigenvalue weighted by molar-refractivity contribution is 0.237. The SMILES string of the molecule is CS[C@H]1CCC[C@H]1NC(=O)NCCCc1c(C)nn(C)c1C. The summed E-state index contributed by atoms with van der Waals surface area (Å²) in [6.07, 6.45) is 7.57. The molecule has 1 saturated carbocycles. The number of rotatable bonds is 6. The first kappa shape index (κ1) is 17.2. The summed E-state index contributed by atoms with van der Waals surface area (Å²) in [6, 6.07) is 0.309. The van der Waals surface area contributed by atoms with Gasteiger partial charge >= 0.3 is 6.03 Å². The predicted octanol–water partition coefficient (Wildman–Crippen LogP) is 2.55. The zero-order valence-corrected chi connectivity index (χ0v) is 14.9. The third-order valence-corrected chi connectivity index (χ3v) is 5.79. The molecule has 0 aromatic carbocycles. The molecule has 2 rings (SSSR count). The molecule has 0 radical (unpaired) electrons. The highest BCUT2D eigenvalue weighted by Gasteiger charge is 2.27. The largest absolute Gasteiger partial charge is 0.338 e. The van der Waals surface area contributed by atoms with Crippen molar-refractivity contribution in [2.24, 2.45) is 7.05 Å². The van der Waals surface area contributed by atoms with Gasteiger partial charge in [-0.25, -0.2) is 4.79 Å². The molecular formula is C16H28N4OS. The van der Waals surface area contributed by atoms with Gasteiger partial charge in [0.05, 0.1) is 5.69 Å². The average molecular weight is 324 g/mol. The van der Waals surface area contributed by atoms with E-state index in [9.17, 15) is 4.79 Å². The fourth-order valence-electron chi connectivity index (χ4n) is 3.24. The van der Waals surface area contributed by atoms with Crippen molar-refractivity contribution in [2.45, 2.75) is 57.2 Å². The van der Waals surface area contributed by atoms with Crippen LogP contribution in [0.15, 0.2) is 0 Å². The number of amides is 2. The molecule has 0 bridgehead atoms. The van der Waals surface area contributed by atoms with Crippen LogP contribution in [0, 0.1) is 13.8 Å². The lowest BCUT2D eigenvalue weighted by Crippen LogP contribution is -2.44. The monoisotopic (exact) mass is 324 g/mol. The molecule has 5 nitrogen and oxygen atoms in total. The Labute approximate surface area is 137 Å². The molecule has 1 heterocycles. The number of nitrogens with zero attached hydrogens (tertiary/aromatic N) is 2. The van der Waals surface area contributed by atoms with Crippen LogP contribution in [0.1, 0.15) is 42.6 Å². The molecule has 0 aliphatic heterocycles. The highest BCUT2D eigenvalue weighted by molar-refractivity contribution is 7.99. The first-order chi connectivity index (χ1) is 10.5. The van der Waals surface area contributed by atoms with Crippen molar-refractivity contribution in [3.63, 3.8) is 0 Å². The fourth-order valence-corrected chi connectivity index (χ4v) is 4.17. The van der Waals surface area contributed by atoms with Gasteiger partial charge in [-0.1, -0.05) is 6.42 Å². The van der Waals surface area contributed by atoms with E-state index in [1.54, 1.807) is 0 Å². The third-order valence-electron chi connectivity index (χ3n) is 4.62. The van der Waals surface area contributed by atoms with Gasteiger partial charge in [0.25, 0.3) is 0 Å². The summed E-state index contributed by atoms with van der Waals surface area (Å²) in [7, 11) is 1.97. The molecule has 1 fully saturated rings. The Morgan fingerprint density at radius 3 is 2.82 bits per heavy atom. The second-order valence-electron chi connectivity index (χ2n) is 6.09. The van der Waals surface area contributed by atoms with Gasteiger partial charge in [0, 0.05) is 30.6 Å². The Hall–Kier alpha value is -1.17. The van der Waals surface area contributed by atoms with Gasteiger partial charge in [0.1, 0.15) is 0 Å². The third kappa shape index (κ3) is 4.18. The van der Waals surface area contributed by atoms with E-state index >= 15 is 0 Å². The molecule has 0 spiro atoms. The minimum atomic E-state index is -0.0226. The van der Waals surface area contributed by atoms with Crippen LogP contribution in [0.2, 0.25) is 0 Å². The molecule has 124 valence electrons. The molecule has 22 heavy (non-hydrogen) atoms. The van der Waals surface area contributed by atoms with Crippen molar-refractivity contribution >= 4 is 17.8 Å². The van der Waals surface area contributed by atoms with Gasteiger partial charge in [-0.15, -0.1) is 0 Å². The van der Waals surface area contributed by atoms with Crippen LogP contribution in [-0.4, -0.2) is 39.9 Å². The maximum atomic E-state index is 12.0. The maximum absolute atomic E-state index is 12.0. The molecular weight excluding hydrogens is 296 g/mol. The molecule has 1 aromatic rings. The highest BCUT2D eigenvalue weighted by Crippen LogP contribution is 2.28. The van der Waals surface area contributed by atoms with Crippen molar-refractivity contribution < 1.29 is 4.79 Å². The first-order valence-electron chi connectivity index (χ1n) is 8.09. The topological polar surface area (TPSA) is 59.0 Å². The van der Waals surface area contributed by atoms with E-state index in [1.165, 1.54) is 24.1 Å². The van der Waals surface area contributed by atoms with Gasteiger partial charge < -0.3 is 10.6 Å². The van der Waals surface area contributed by atoms with Crippen molar-refractivity contribution in [3.05, 3.63) is 17.0 Å². The van der Waals surface area contributed by atoms with E-state index in [0.29, 0.717) is 17.8 Å². The summed E-state index contributed by atoms with van der Waals surface area (Å²) in [5.41, 5.74) is 3.62. The Balaban J connectivity index is 1.69. The molecule has 2 amide bonds. The number of urea groups is 1. The lowest BCUT2D eigenvalue weighted by atomic mass is 10.1. The van der Waals surface area contributed by atoms with E-state index < -0.39 is 0 Å². The summed E-state index contributed by atoms with van der Waals surface area (Å²) >= 11 is 1.86. The van der Waals surface area contributed by atoms with E-state index in [4.69, 9.17) is 0 Å². The van der Waals surface area contributed by atoms with Crippen molar-refractivity contribution in [3.8, 4) is 0 Å². The van der Waals surface area contributed by atoms with Gasteiger partial charge in [0.2, 0.25) is 0 Å². The second-order valence-corrected chi connectivity index (χ2v) is 7.17. The lowest BCUT2D eigenvalue weighted by Gasteiger charge is -2.19. The van der Waals surface area contributed by atoms with Gasteiger partial charge in [-0.3, -0.25) is 4.68 Å². The van der Waals surface area contributed by atoms with Crippen LogP contribution in [0.4, 0.5) is 4.79 Å². The van der Waals surface area contributed by atoms with Crippen LogP contribution >= 0.6 is 11.8 Å². The van der Waals surface area contributed by atoms with E-state index in [-0.39, 0.29) is 6.03 Å². The van der Waals surface area contributed by atoms with Crippen molar-refractivity contribution in [1.29, 1.82) is 0 Å². The number of hydrogen-bond acceptors (Lipinski definition) is 3. The fraction of sp³-hybridized carbons (Fsp3) is 0.750. The molecule has 1 aliphatic rings. The van der Waals surface area contributed by atoms with Gasteiger partial charge in [-0.2, -0.15) is 16.9 Å². The summed E-state index contributed by atoms with van der Waals surface area (Å²) in [4.78, 5) is 12.0. The first-order valence-corrected chi connectivity index (χ1v) is 9.38. The van der Waals surface area contributed by atoms with E-state index in [2.05, 4.69) is 28.9 Å². The minimum absolute atomic E-state index is 0.0226. The molecule has 1 aliphatic carbocycles. The van der Waals surface area contributed by atoms with E-state index in [0.717, 1.165) is 25.0 Å². The summed E-state index contributed by atoms with van der Waals surface area (Å²) in [5.74, 6) is 0. The number of hydrogen-bond donors (Lipinski definition) is 2. The predicted molar refractivity (Wildman–Crippen MR) is 92.5 cm³/mol. The smallest absolute Gasteiger partial charge is 0.315 e. The molecule has 2 atom stereocenters. The van der Waals surface area contributed by atoms with Crippen molar-refractivity contribution in [2.75, 3.05) is 12.8 Å². The number of carbonyl (C=O) groups is 1. The molecule has 6 heteroatoms. The standard InChI is InChI=1S/C16H28N4OS/c1-11-13(12(2)20(3)19-11)7-6-10-17-16(21)18-14-8-5-9-15(14)22-4/h14-15H,5-10H2,1-4H3,(H2,17,18,21)/t14-,15+/m1/s1. The Morgan fingerprint density at radius 2 is 2.18 bits per heavy atom. The van der Waals surface area contributed by atoms with Crippen LogP contribution in [0.25, 0.3) is 0 Å². The summed E-state index contributed by atoms with van der Waals surface area (Å²) in [6.45, 7) is 4.85. The van der Waals surface area contributed by atoms with Gasteiger partial charge in [-0.05, 0) is 51.3 Å². The Morgan fingerprint density at radius 1 is 1.41 bits per heavy atom. The zero-order valence-electron chi connectivity index (χ0n) is 14.1. The van der Waals surface area contributed by atoms with Crippen LogP contribution in [0.3, 0.4) is 0 Å². The number of thioether (sulfide) groups is 1. The van der Waals surface area contributed by atoms with Crippen LogP contribution in [0.5, 0.6) is 0 Å². The minimum Gasteiger partial charge on any atom is -0.338 e. The number of aryl methyl sites for hydroxylation is 2. The Kier molecular flexibility index (Phi) is 6.17. The Bertz CT molecular complexity index is 514. The van der Waals surface area contributed by atoms with Crippen molar-refractivity contribution in [1.82, 2.24) is 20.4 Å². The zero-order chi connectivity index (χ0) is 16.1. The quantitative estimate of drug-likeness (QED) is 0.791. The molecule has 0 unspecified atom stereocenters. The maximum Gasteiger partial charge on any atom is 0.315 e. The number of nitrogens with one attached hydrogen (secondary N) is 2. The average Bonchev–Trinajstić information content (AvgIpc) is 3.02. The number of carbonyl (C=O) groups excluding carboxylic acids is 1. The summed E-state index contributed by atoms with van der Waals surface area (Å²) in [5, 5.41) is 11.1. The molecule has 2 N–H and O–H groups in total. The summed E-state index contributed by atoms with van der Waals surface area (Å²) < 4.78 is 1.92.